The number of fused-ring (bicyclic) bond motifs is 1. The van der Waals surface area contributed by atoms with E-state index >= 15 is 0 Å². The minimum Gasteiger partial charge on any atom is -0.371 e. The molecule has 2 aliphatic rings. The van der Waals surface area contributed by atoms with Gasteiger partial charge in [-0.1, -0.05) is 35.1 Å². The predicted octanol–water partition coefficient (Wildman–Crippen LogP) is 4.66. The highest BCUT2D eigenvalue weighted by Crippen LogP contribution is 2.32. The van der Waals surface area contributed by atoms with Crippen molar-refractivity contribution < 1.29 is 9.72 Å². The minimum absolute atomic E-state index is 0.0354. The van der Waals surface area contributed by atoms with Gasteiger partial charge in [0.1, 0.15) is 0 Å². The molecule has 5 rings (SSSR count). The van der Waals surface area contributed by atoms with E-state index in [1.807, 2.05) is 26.0 Å². The van der Waals surface area contributed by atoms with Gasteiger partial charge in [-0.15, -0.1) is 0 Å². The van der Waals surface area contributed by atoms with Crippen LogP contribution in [0.5, 0.6) is 0 Å². The van der Waals surface area contributed by atoms with Gasteiger partial charge in [-0.25, -0.2) is 4.99 Å². The summed E-state index contributed by atoms with van der Waals surface area (Å²) in [5, 5.41) is 12.2. The Morgan fingerprint density at radius 1 is 1.15 bits per heavy atom. The Labute approximate surface area is 246 Å². The standard InChI is InChI=1S/C30H32ClN5O4S/c1-4-33(5-2)29(38)26-19(3)32-30-35(27(26)20-9-11-22(31)12-10-20)28(37)25(41-30)18-21-17-23(36(39)40)13-14-24(21)34-15-7-6-8-16-34/h9-14,17-18,27H,4-8,15-16H2,1-3H3/b25-18-/t27-/m1/s1. The number of nitro groups is 1. The number of halogens is 1. The Bertz CT molecular complexity index is 1700. The fourth-order valence-corrected chi connectivity index (χ4v) is 6.74. The third-order valence-corrected chi connectivity index (χ3v) is 8.93. The Morgan fingerprint density at radius 3 is 2.46 bits per heavy atom. The number of carbonyl (C=O) groups excluding carboxylic acids is 1. The summed E-state index contributed by atoms with van der Waals surface area (Å²) >= 11 is 7.40. The highest BCUT2D eigenvalue weighted by atomic mass is 35.5. The number of nitro benzene ring substituents is 1. The van der Waals surface area contributed by atoms with Gasteiger partial charge < -0.3 is 9.80 Å². The van der Waals surface area contributed by atoms with Crippen molar-refractivity contribution in [3.05, 3.63) is 99.7 Å². The zero-order chi connectivity index (χ0) is 29.3. The van der Waals surface area contributed by atoms with Crippen LogP contribution < -0.4 is 19.8 Å². The third-order valence-electron chi connectivity index (χ3n) is 7.69. The van der Waals surface area contributed by atoms with Crippen LogP contribution in [0.1, 0.15) is 57.2 Å². The molecule has 1 aromatic heterocycles. The minimum atomic E-state index is -0.689. The highest BCUT2D eigenvalue weighted by Gasteiger charge is 2.34. The van der Waals surface area contributed by atoms with Crippen molar-refractivity contribution in [1.82, 2.24) is 9.47 Å². The van der Waals surface area contributed by atoms with E-state index in [1.165, 1.54) is 23.5 Å². The van der Waals surface area contributed by atoms with E-state index in [1.54, 1.807) is 40.7 Å². The van der Waals surface area contributed by atoms with Gasteiger partial charge in [0.25, 0.3) is 17.2 Å². The molecule has 9 nitrogen and oxygen atoms in total. The number of aromatic nitrogens is 1. The van der Waals surface area contributed by atoms with Gasteiger partial charge in [-0.2, -0.15) is 0 Å². The van der Waals surface area contributed by atoms with Crippen LogP contribution in [-0.4, -0.2) is 46.5 Å². The number of allylic oxidation sites excluding steroid dienone is 1. The topological polar surface area (TPSA) is 101 Å². The second-order valence-corrected chi connectivity index (χ2v) is 11.6. The van der Waals surface area contributed by atoms with Gasteiger partial charge in [0.05, 0.1) is 26.8 Å². The highest BCUT2D eigenvalue weighted by molar-refractivity contribution is 7.07. The first-order valence-electron chi connectivity index (χ1n) is 13.8. The number of rotatable bonds is 7. The van der Waals surface area contributed by atoms with Crippen LogP contribution in [0.25, 0.3) is 6.08 Å². The number of nitrogens with zero attached hydrogens (tertiary/aromatic N) is 5. The van der Waals surface area contributed by atoms with Crippen molar-refractivity contribution in [2.45, 2.75) is 46.1 Å². The van der Waals surface area contributed by atoms with Crippen LogP contribution in [0.15, 0.2) is 63.5 Å². The van der Waals surface area contributed by atoms with E-state index in [0.29, 0.717) is 44.3 Å². The second-order valence-electron chi connectivity index (χ2n) is 10.2. The summed E-state index contributed by atoms with van der Waals surface area (Å²) in [5.74, 6) is -0.170. The van der Waals surface area contributed by atoms with E-state index < -0.39 is 11.0 Å². The van der Waals surface area contributed by atoms with Gasteiger partial charge >= 0.3 is 0 Å². The maximum Gasteiger partial charge on any atom is 0.271 e. The van der Waals surface area contributed by atoms with Crippen LogP contribution in [0.2, 0.25) is 5.02 Å². The van der Waals surface area contributed by atoms with E-state index in [0.717, 1.165) is 43.6 Å². The van der Waals surface area contributed by atoms with E-state index in [4.69, 9.17) is 16.6 Å². The summed E-state index contributed by atoms with van der Waals surface area (Å²) in [4.78, 5) is 48.2. The maximum absolute atomic E-state index is 14.1. The Balaban J connectivity index is 1.72. The molecule has 41 heavy (non-hydrogen) atoms. The molecule has 1 amide bonds. The number of likely N-dealkylation sites (N-methyl/N-ethyl adjacent to an activating group) is 1. The largest absolute Gasteiger partial charge is 0.371 e. The maximum atomic E-state index is 14.1. The molecule has 0 spiro atoms. The first-order chi connectivity index (χ1) is 19.7. The summed E-state index contributed by atoms with van der Waals surface area (Å²) in [7, 11) is 0. The van der Waals surface area contributed by atoms with Gasteiger partial charge in [0, 0.05) is 54.6 Å². The molecule has 0 radical (unpaired) electrons. The number of amides is 1. The first kappa shape index (κ1) is 28.8. The van der Waals surface area contributed by atoms with Crippen LogP contribution in [0.4, 0.5) is 11.4 Å². The quantitative estimate of drug-likeness (QED) is 0.293. The third kappa shape index (κ3) is 5.58. The fraction of sp³-hybridized carbons (Fsp3) is 0.367. The molecule has 3 heterocycles. The number of non-ortho nitro benzene ring substituents is 1. The number of thiazole rings is 1. The smallest absolute Gasteiger partial charge is 0.271 e. The molecule has 0 bridgehead atoms. The zero-order valence-corrected chi connectivity index (χ0v) is 24.9. The van der Waals surface area contributed by atoms with Crippen molar-refractivity contribution in [3.63, 3.8) is 0 Å². The molecule has 2 aliphatic heterocycles. The number of carbonyl (C=O) groups is 1. The van der Waals surface area contributed by atoms with Crippen molar-refractivity contribution in [3.8, 4) is 0 Å². The van der Waals surface area contributed by atoms with Crippen molar-refractivity contribution in [1.29, 1.82) is 0 Å². The van der Waals surface area contributed by atoms with Gasteiger partial charge in [0.2, 0.25) is 0 Å². The molecule has 2 aromatic carbocycles. The van der Waals surface area contributed by atoms with Crippen molar-refractivity contribution in [2.75, 3.05) is 31.1 Å². The zero-order valence-electron chi connectivity index (χ0n) is 23.3. The normalized spacial score (nSPS) is 17.3. The summed E-state index contributed by atoms with van der Waals surface area (Å²) in [6.07, 6.45) is 4.96. The molecule has 1 atom stereocenters. The van der Waals surface area contributed by atoms with E-state index in [2.05, 4.69) is 4.90 Å². The molecular formula is C30H32ClN5O4S. The summed E-state index contributed by atoms with van der Waals surface area (Å²) in [5.41, 5.74) is 2.89. The number of hydrogen-bond acceptors (Lipinski definition) is 7. The fourth-order valence-electron chi connectivity index (χ4n) is 5.57. The molecule has 3 aromatic rings. The molecular weight excluding hydrogens is 562 g/mol. The lowest BCUT2D eigenvalue weighted by molar-refractivity contribution is -0.384. The molecule has 1 saturated heterocycles. The van der Waals surface area contributed by atoms with E-state index in [-0.39, 0.29) is 17.2 Å². The molecule has 0 aliphatic carbocycles. The molecule has 11 heteroatoms. The van der Waals surface area contributed by atoms with Crippen LogP contribution in [-0.2, 0) is 4.79 Å². The van der Waals surface area contributed by atoms with Gasteiger partial charge in [-0.3, -0.25) is 24.3 Å². The van der Waals surface area contributed by atoms with Crippen LogP contribution >= 0.6 is 22.9 Å². The average Bonchev–Trinajstić information content (AvgIpc) is 3.27. The lowest BCUT2D eigenvalue weighted by atomic mass is 9.94. The second kappa shape index (κ2) is 12.0. The number of hydrogen-bond donors (Lipinski definition) is 0. The molecule has 214 valence electrons. The lowest BCUT2D eigenvalue weighted by Crippen LogP contribution is -2.43. The average molecular weight is 594 g/mol. The van der Waals surface area contributed by atoms with Crippen molar-refractivity contribution in [2.24, 2.45) is 4.99 Å². The first-order valence-corrected chi connectivity index (χ1v) is 15.0. The molecule has 1 fully saturated rings. The van der Waals surface area contributed by atoms with Gasteiger partial charge in [-0.05, 0) is 69.9 Å². The number of piperidine rings is 1. The van der Waals surface area contributed by atoms with Gasteiger partial charge in [0.15, 0.2) is 4.80 Å². The summed E-state index contributed by atoms with van der Waals surface area (Å²) in [6, 6.07) is 11.3. The predicted molar refractivity (Wildman–Crippen MR) is 162 cm³/mol. The molecule has 0 unspecified atom stereocenters. The summed E-state index contributed by atoms with van der Waals surface area (Å²) in [6.45, 7) is 8.39. The number of benzene rings is 2. The Kier molecular flexibility index (Phi) is 8.42. The van der Waals surface area contributed by atoms with Crippen molar-refractivity contribution >= 4 is 46.3 Å². The molecule has 0 N–H and O–H groups in total. The van der Waals surface area contributed by atoms with Crippen LogP contribution in [0, 0.1) is 10.1 Å². The van der Waals surface area contributed by atoms with Crippen LogP contribution in [0.3, 0.4) is 0 Å². The Morgan fingerprint density at radius 2 is 1.83 bits per heavy atom. The monoisotopic (exact) mass is 593 g/mol. The summed E-state index contributed by atoms with van der Waals surface area (Å²) < 4.78 is 1.97. The Hall–Kier alpha value is -3.76. The SMILES string of the molecule is CCN(CC)C(=O)C1=C(C)N=c2s/c(=C\c3cc([N+](=O)[O-])ccc3N3CCCCC3)c(=O)n2[C@@H]1c1ccc(Cl)cc1. The molecule has 0 saturated carbocycles. The van der Waals surface area contributed by atoms with E-state index in [9.17, 15) is 19.7 Å². The number of anilines is 1. The lowest BCUT2D eigenvalue weighted by Gasteiger charge is -2.30.